The van der Waals surface area contributed by atoms with Crippen molar-refractivity contribution in [2.75, 3.05) is 18.9 Å². The lowest BCUT2D eigenvalue weighted by molar-refractivity contribution is 0.194. The highest BCUT2D eigenvalue weighted by Gasteiger charge is 2.21. The van der Waals surface area contributed by atoms with Crippen LogP contribution in [-0.2, 0) is 0 Å². The van der Waals surface area contributed by atoms with Crippen molar-refractivity contribution >= 4 is 11.7 Å². The molecule has 2 N–H and O–H groups in total. The summed E-state index contributed by atoms with van der Waals surface area (Å²) in [7, 11) is 1.94. The zero-order valence-electron chi connectivity index (χ0n) is 13.4. The summed E-state index contributed by atoms with van der Waals surface area (Å²) in [6, 6.07) is 8.69. The number of nitrogens with zero attached hydrogens (tertiary/aromatic N) is 1. The summed E-state index contributed by atoms with van der Waals surface area (Å²) in [5, 5.41) is 6.27. The molecule has 0 aromatic heterocycles. The Kier molecular flexibility index (Phi) is 5.62. The highest BCUT2D eigenvalue weighted by atomic mass is 16.2. The van der Waals surface area contributed by atoms with Crippen LogP contribution in [-0.4, -0.2) is 30.6 Å². The van der Waals surface area contributed by atoms with Gasteiger partial charge in [0.25, 0.3) is 0 Å². The van der Waals surface area contributed by atoms with Crippen molar-refractivity contribution in [2.24, 2.45) is 0 Å². The predicted molar refractivity (Wildman–Crippen MR) is 87.6 cm³/mol. The second-order valence-electron chi connectivity index (χ2n) is 5.96. The summed E-state index contributed by atoms with van der Waals surface area (Å²) >= 11 is 0. The molecule has 0 aliphatic carbocycles. The number of hydrogen-bond donors (Lipinski definition) is 2. The minimum atomic E-state index is 0.0265. The topological polar surface area (TPSA) is 44.4 Å². The quantitative estimate of drug-likeness (QED) is 0.889. The van der Waals surface area contributed by atoms with Crippen molar-refractivity contribution in [1.82, 2.24) is 10.2 Å². The number of anilines is 1. The van der Waals surface area contributed by atoms with E-state index in [9.17, 15) is 4.79 Å². The Hall–Kier alpha value is -1.55. The lowest BCUT2D eigenvalue weighted by Crippen LogP contribution is -2.41. The van der Waals surface area contributed by atoms with Gasteiger partial charge in [0, 0.05) is 24.3 Å². The standard InChI is InChI=1S/C17H27N3O/c1-13-8-5-4-6-11-20(13)17(21)19-16-10-7-9-15(12-16)14(2)18-3/h7,9-10,12-14,18H,4-6,8,11H2,1-3H3,(H,19,21). The fourth-order valence-electron chi connectivity index (χ4n) is 2.82. The third kappa shape index (κ3) is 4.21. The summed E-state index contributed by atoms with van der Waals surface area (Å²) in [5.41, 5.74) is 2.05. The van der Waals surface area contributed by atoms with Gasteiger partial charge >= 0.3 is 6.03 Å². The summed E-state index contributed by atoms with van der Waals surface area (Å²) in [5.74, 6) is 0. The largest absolute Gasteiger partial charge is 0.322 e. The van der Waals surface area contributed by atoms with Crippen LogP contribution in [0.5, 0.6) is 0 Å². The molecule has 1 saturated heterocycles. The molecule has 2 unspecified atom stereocenters. The Bertz CT molecular complexity index is 475. The number of urea groups is 1. The third-order valence-corrected chi connectivity index (χ3v) is 4.38. The second-order valence-corrected chi connectivity index (χ2v) is 5.96. The number of carbonyl (C=O) groups excluding carboxylic acids is 1. The highest BCUT2D eigenvalue weighted by Crippen LogP contribution is 2.20. The lowest BCUT2D eigenvalue weighted by atomic mass is 10.1. The van der Waals surface area contributed by atoms with Gasteiger partial charge in [0.05, 0.1) is 0 Å². The zero-order chi connectivity index (χ0) is 15.2. The van der Waals surface area contributed by atoms with Crippen molar-refractivity contribution in [1.29, 1.82) is 0 Å². The summed E-state index contributed by atoms with van der Waals surface area (Å²) < 4.78 is 0. The van der Waals surface area contributed by atoms with Gasteiger partial charge in [0.1, 0.15) is 0 Å². The van der Waals surface area contributed by atoms with Crippen LogP contribution in [0.25, 0.3) is 0 Å². The van der Waals surface area contributed by atoms with E-state index in [2.05, 4.69) is 30.5 Å². The van der Waals surface area contributed by atoms with Crippen LogP contribution in [0.4, 0.5) is 10.5 Å². The van der Waals surface area contributed by atoms with Crippen LogP contribution in [0.15, 0.2) is 24.3 Å². The Morgan fingerprint density at radius 3 is 2.90 bits per heavy atom. The molecule has 1 aromatic rings. The van der Waals surface area contributed by atoms with Crippen LogP contribution in [0.1, 0.15) is 51.1 Å². The van der Waals surface area contributed by atoms with E-state index < -0.39 is 0 Å². The molecule has 1 fully saturated rings. The number of amides is 2. The molecule has 2 rings (SSSR count). The Morgan fingerprint density at radius 1 is 1.33 bits per heavy atom. The number of nitrogens with one attached hydrogen (secondary N) is 2. The number of hydrogen-bond acceptors (Lipinski definition) is 2. The monoisotopic (exact) mass is 289 g/mol. The molecular formula is C17H27N3O. The molecule has 0 radical (unpaired) electrons. The van der Waals surface area contributed by atoms with Crippen LogP contribution in [0, 0.1) is 0 Å². The van der Waals surface area contributed by atoms with Gasteiger partial charge in [-0.15, -0.1) is 0 Å². The van der Waals surface area contributed by atoms with E-state index in [1.807, 2.05) is 30.1 Å². The van der Waals surface area contributed by atoms with Gasteiger partial charge in [-0.05, 0) is 51.4 Å². The van der Waals surface area contributed by atoms with Gasteiger partial charge in [-0.2, -0.15) is 0 Å². The normalized spacial score (nSPS) is 20.7. The zero-order valence-corrected chi connectivity index (χ0v) is 13.4. The van der Waals surface area contributed by atoms with Gasteiger partial charge < -0.3 is 15.5 Å². The molecule has 1 aliphatic rings. The van der Waals surface area contributed by atoms with Crippen LogP contribution in [0.2, 0.25) is 0 Å². The van der Waals surface area contributed by atoms with Gasteiger partial charge in [-0.25, -0.2) is 4.79 Å². The van der Waals surface area contributed by atoms with E-state index in [1.54, 1.807) is 0 Å². The van der Waals surface area contributed by atoms with Crippen LogP contribution >= 0.6 is 0 Å². The van der Waals surface area contributed by atoms with Crippen molar-refractivity contribution in [3.8, 4) is 0 Å². The summed E-state index contributed by atoms with van der Waals surface area (Å²) in [4.78, 5) is 14.5. The van der Waals surface area contributed by atoms with Crippen molar-refractivity contribution in [3.05, 3.63) is 29.8 Å². The second kappa shape index (κ2) is 7.46. The molecule has 2 atom stereocenters. The minimum Gasteiger partial charge on any atom is -0.322 e. The van der Waals surface area contributed by atoms with E-state index >= 15 is 0 Å². The Labute approximate surface area is 127 Å². The number of carbonyl (C=O) groups is 1. The Morgan fingerprint density at radius 2 is 2.14 bits per heavy atom. The molecule has 4 nitrogen and oxygen atoms in total. The van der Waals surface area contributed by atoms with Crippen LogP contribution < -0.4 is 10.6 Å². The first-order chi connectivity index (χ1) is 10.1. The number of likely N-dealkylation sites (tertiary alicyclic amines) is 1. The van der Waals surface area contributed by atoms with Gasteiger partial charge in [-0.3, -0.25) is 0 Å². The maximum absolute atomic E-state index is 12.5. The van der Waals surface area contributed by atoms with Crippen molar-refractivity contribution in [3.63, 3.8) is 0 Å². The van der Waals surface area contributed by atoms with E-state index in [0.29, 0.717) is 6.04 Å². The fraction of sp³-hybridized carbons (Fsp3) is 0.588. The van der Waals surface area contributed by atoms with Crippen LogP contribution in [0.3, 0.4) is 0 Å². The molecule has 116 valence electrons. The summed E-state index contributed by atoms with van der Waals surface area (Å²) in [6.07, 6.45) is 4.66. The molecule has 0 spiro atoms. The molecule has 2 amide bonds. The molecule has 21 heavy (non-hydrogen) atoms. The minimum absolute atomic E-state index is 0.0265. The van der Waals surface area contributed by atoms with E-state index in [1.165, 1.54) is 18.4 Å². The number of benzene rings is 1. The number of rotatable bonds is 3. The van der Waals surface area contributed by atoms with Crippen molar-refractivity contribution < 1.29 is 4.79 Å². The van der Waals surface area contributed by atoms with Gasteiger partial charge in [0.2, 0.25) is 0 Å². The first kappa shape index (κ1) is 15.8. The lowest BCUT2D eigenvalue weighted by Gasteiger charge is -2.27. The van der Waals surface area contributed by atoms with Crippen molar-refractivity contribution in [2.45, 2.75) is 51.6 Å². The molecule has 0 saturated carbocycles. The smallest absolute Gasteiger partial charge is 0.322 e. The third-order valence-electron chi connectivity index (χ3n) is 4.38. The molecule has 1 aromatic carbocycles. The molecule has 4 heteroatoms. The summed E-state index contributed by atoms with van der Waals surface area (Å²) in [6.45, 7) is 5.11. The molecule has 1 heterocycles. The van der Waals surface area contributed by atoms with E-state index in [4.69, 9.17) is 0 Å². The fourth-order valence-corrected chi connectivity index (χ4v) is 2.82. The van der Waals surface area contributed by atoms with Gasteiger partial charge in [0.15, 0.2) is 0 Å². The first-order valence-electron chi connectivity index (χ1n) is 7.96. The predicted octanol–water partition coefficient (Wildman–Crippen LogP) is 3.76. The SMILES string of the molecule is CNC(C)c1cccc(NC(=O)N2CCCCCC2C)c1. The molecule has 0 bridgehead atoms. The Balaban J connectivity index is 2.04. The molecular weight excluding hydrogens is 262 g/mol. The average Bonchev–Trinajstić information content (AvgIpc) is 2.71. The average molecular weight is 289 g/mol. The van der Waals surface area contributed by atoms with Gasteiger partial charge in [-0.1, -0.05) is 25.0 Å². The maximum Gasteiger partial charge on any atom is 0.322 e. The molecule has 1 aliphatic heterocycles. The van der Waals surface area contributed by atoms with E-state index in [0.717, 1.165) is 25.1 Å². The van der Waals surface area contributed by atoms with E-state index in [-0.39, 0.29) is 12.1 Å². The maximum atomic E-state index is 12.5. The highest BCUT2D eigenvalue weighted by molar-refractivity contribution is 5.89. The first-order valence-corrected chi connectivity index (χ1v) is 7.96.